The maximum Gasteiger partial charge on any atom is 0.101 e. The normalized spacial score (nSPS) is 23.4. The maximum absolute atomic E-state index is 9.82. The Bertz CT molecular complexity index is 485. The average molecular weight is 267 g/mol. The van der Waals surface area contributed by atoms with Gasteiger partial charge in [-0.3, -0.25) is 0 Å². The van der Waals surface area contributed by atoms with Crippen LogP contribution < -0.4 is 5.32 Å². The molecule has 0 unspecified atom stereocenters. The minimum Gasteiger partial charge on any atom is -0.389 e. The van der Waals surface area contributed by atoms with Gasteiger partial charge in [-0.05, 0) is 31.0 Å². The van der Waals surface area contributed by atoms with E-state index in [-0.39, 0.29) is 6.04 Å². The van der Waals surface area contributed by atoms with Gasteiger partial charge in [-0.15, -0.1) is 0 Å². The predicted octanol–water partition coefficient (Wildman–Crippen LogP) is 2.08. The molecule has 4 nitrogen and oxygen atoms in total. The molecule has 2 N–H and O–H groups in total. The number of hydrogen-bond acceptors (Lipinski definition) is 4. The first-order chi connectivity index (χ1) is 8.63. The summed E-state index contributed by atoms with van der Waals surface area (Å²) in [6, 6.07) is 5.51. The maximum atomic E-state index is 9.82. The Labute approximate surface area is 111 Å². The number of aliphatic hydroxyl groups excluding tert-OH is 1. The Balaban J connectivity index is 2.19. The summed E-state index contributed by atoms with van der Waals surface area (Å²) in [5.41, 5.74) is 2.15. The first-order valence-corrected chi connectivity index (χ1v) is 6.23. The van der Waals surface area contributed by atoms with Crippen LogP contribution in [0.25, 0.3) is 0 Å². The summed E-state index contributed by atoms with van der Waals surface area (Å²) in [4.78, 5) is 0. The third-order valence-electron chi connectivity index (χ3n) is 3.17. The van der Waals surface area contributed by atoms with Crippen molar-refractivity contribution >= 4 is 17.3 Å². The lowest BCUT2D eigenvalue weighted by Gasteiger charge is -2.30. The minimum absolute atomic E-state index is 0.0403. The summed E-state index contributed by atoms with van der Waals surface area (Å²) in [7, 11) is 0. The van der Waals surface area contributed by atoms with Gasteiger partial charge in [-0.1, -0.05) is 11.6 Å². The second-order valence-corrected chi connectivity index (χ2v) is 4.77. The molecule has 0 aromatic heterocycles. The molecule has 0 spiro atoms. The molecule has 1 fully saturated rings. The van der Waals surface area contributed by atoms with E-state index in [2.05, 4.69) is 5.32 Å². The van der Waals surface area contributed by atoms with Crippen LogP contribution in [0.15, 0.2) is 12.1 Å². The smallest absolute Gasteiger partial charge is 0.101 e. The van der Waals surface area contributed by atoms with Crippen LogP contribution in [0.1, 0.15) is 17.5 Å². The van der Waals surface area contributed by atoms with Crippen LogP contribution in [0.2, 0.25) is 5.02 Å². The zero-order valence-electron chi connectivity index (χ0n) is 10.1. The highest BCUT2D eigenvalue weighted by Crippen LogP contribution is 2.28. The zero-order valence-corrected chi connectivity index (χ0v) is 10.9. The number of rotatable bonds is 2. The average Bonchev–Trinajstić information content (AvgIpc) is 2.38. The molecule has 5 heteroatoms. The lowest BCUT2D eigenvalue weighted by atomic mass is 10.0. The van der Waals surface area contributed by atoms with Gasteiger partial charge in [-0.2, -0.15) is 5.26 Å². The molecule has 0 bridgehead atoms. The van der Waals surface area contributed by atoms with Crippen molar-refractivity contribution in [2.45, 2.75) is 25.5 Å². The molecule has 0 aliphatic carbocycles. The standard InChI is InChI=1S/C13H15ClN2O2/c1-8-10(3-2-9(6-15)13(8)14)16-11-4-5-18-7-12(11)17/h2-3,11-12,16-17H,4-5,7H2,1H3/t11-,12-/m1/s1. The Kier molecular flexibility index (Phi) is 4.07. The zero-order chi connectivity index (χ0) is 13.1. The summed E-state index contributed by atoms with van der Waals surface area (Å²) in [5, 5.41) is 22.4. The summed E-state index contributed by atoms with van der Waals surface area (Å²) in [5.74, 6) is 0. The van der Waals surface area contributed by atoms with Gasteiger partial charge in [0.1, 0.15) is 6.07 Å². The molecule has 0 radical (unpaired) electrons. The molecule has 2 rings (SSSR count). The summed E-state index contributed by atoms with van der Waals surface area (Å²) < 4.78 is 5.18. The highest BCUT2D eigenvalue weighted by Gasteiger charge is 2.24. The SMILES string of the molecule is Cc1c(N[C@@H]2CCOC[C@H]2O)ccc(C#N)c1Cl. The van der Waals surface area contributed by atoms with E-state index in [0.29, 0.717) is 23.8 Å². The number of benzene rings is 1. The number of hydrogen-bond donors (Lipinski definition) is 2. The highest BCUT2D eigenvalue weighted by atomic mass is 35.5. The highest BCUT2D eigenvalue weighted by molar-refractivity contribution is 6.32. The largest absolute Gasteiger partial charge is 0.389 e. The topological polar surface area (TPSA) is 65.3 Å². The fraction of sp³-hybridized carbons (Fsp3) is 0.462. The van der Waals surface area contributed by atoms with Crippen molar-refractivity contribution in [1.29, 1.82) is 5.26 Å². The molecule has 1 aromatic carbocycles. The van der Waals surface area contributed by atoms with Gasteiger partial charge in [0.25, 0.3) is 0 Å². The molecule has 18 heavy (non-hydrogen) atoms. The van der Waals surface area contributed by atoms with Gasteiger partial charge in [-0.25, -0.2) is 0 Å². The quantitative estimate of drug-likeness (QED) is 0.860. The molecular formula is C13H15ClN2O2. The van der Waals surface area contributed by atoms with E-state index < -0.39 is 6.10 Å². The molecule has 1 heterocycles. The summed E-state index contributed by atoms with van der Waals surface area (Å²) in [6.07, 6.45) is 0.227. The van der Waals surface area contributed by atoms with Gasteiger partial charge < -0.3 is 15.2 Å². The van der Waals surface area contributed by atoms with Gasteiger partial charge in [0.2, 0.25) is 0 Å². The fourth-order valence-corrected chi connectivity index (χ4v) is 2.23. The molecule has 0 saturated carbocycles. The van der Waals surface area contributed by atoms with Gasteiger partial charge in [0.15, 0.2) is 0 Å². The van der Waals surface area contributed by atoms with Crippen LogP contribution in [0.4, 0.5) is 5.69 Å². The number of nitrogens with one attached hydrogen (secondary N) is 1. The van der Waals surface area contributed by atoms with E-state index >= 15 is 0 Å². The number of anilines is 1. The summed E-state index contributed by atoms with van der Waals surface area (Å²) in [6.45, 7) is 2.84. The number of nitrogens with zero attached hydrogens (tertiary/aromatic N) is 1. The van der Waals surface area contributed by atoms with E-state index in [1.165, 1.54) is 0 Å². The van der Waals surface area contributed by atoms with Crippen LogP contribution in [0, 0.1) is 18.3 Å². The van der Waals surface area contributed by atoms with E-state index in [0.717, 1.165) is 17.7 Å². The Morgan fingerprint density at radius 1 is 1.56 bits per heavy atom. The first kappa shape index (κ1) is 13.2. The van der Waals surface area contributed by atoms with E-state index in [9.17, 15) is 5.11 Å². The van der Waals surface area contributed by atoms with Crippen LogP contribution >= 0.6 is 11.6 Å². The van der Waals surface area contributed by atoms with E-state index in [1.807, 2.05) is 19.1 Å². The molecule has 1 saturated heterocycles. The third-order valence-corrected chi connectivity index (χ3v) is 3.66. The monoisotopic (exact) mass is 266 g/mol. The number of nitriles is 1. The second-order valence-electron chi connectivity index (χ2n) is 4.39. The van der Waals surface area contributed by atoms with Crippen molar-refractivity contribution in [1.82, 2.24) is 0 Å². The third kappa shape index (κ3) is 2.59. The molecular weight excluding hydrogens is 252 g/mol. The van der Waals surface area contributed by atoms with Crippen LogP contribution in [0.5, 0.6) is 0 Å². The molecule has 96 valence electrons. The van der Waals surface area contributed by atoms with Crippen LogP contribution in [-0.2, 0) is 4.74 Å². The lowest BCUT2D eigenvalue weighted by molar-refractivity contribution is -0.0134. The van der Waals surface area contributed by atoms with Crippen molar-refractivity contribution in [2.24, 2.45) is 0 Å². The van der Waals surface area contributed by atoms with Crippen LogP contribution in [0.3, 0.4) is 0 Å². The molecule has 2 atom stereocenters. The lowest BCUT2D eigenvalue weighted by Crippen LogP contribution is -2.42. The minimum atomic E-state index is -0.521. The predicted molar refractivity (Wildman–Crippen MR) is 69.8 cm³/mol. The molecule has 1 aliphatic heterocycles. The van der Waals surface area contributed by atoms with Crippen molar-refractivity contribution in [3.8, 4) is 6.07 Å². The molecule has 1 aliphatic rings. The van der Waals surface area contributed by atoms with Crippen molar-refractivity contribution in [3.05, 3.63) is 28.3 Å². The van der Waals surface area contributed by atoms with Crippen molar-refractivity contribution < 1.29 is 9.84 Å². The van der Waals surface area contributed by atoms with Gasteiger partial charge in [0, 0.05) is 12.3 Å². The van der Waals surface area contributed by atoms with Crippen molar-refractivity contribution in [3.63, 3.8) is 0 Å². The van der Waals surface area contributed by atoms with Crippen molar-refractivity contribution in [2.75, 3.05) is 18.5 Å². The van der Waals surface area contributed by atoms with Gasteiger partial charge in [0.05, 0.1) is 29.3 Å². The molecule has 0 amide bonds. The number of ether oxygens (including phenoxy) is 1. The Morgan fingerprint density at radius 3 is 3.00 bits per heavy atom. The Hall–Kier alpha value is -1.28. The fourth-order valence-electron chi connectivity index (χ4n) is 2.02. The number of halogens is 1. The molecule has 1 aromatic rings. The first-order valence-electron chi connectivity index (χ1n) is 5.85. The van der Waals surface area contributed by atoms with Crippen LogP contribution in [-0.4, -0.2) is 30.5 Å². The van der Waals surface area contributed by atoms with E-state index in [4.69, 9.17) is 21.6 Å². The Morgan fingerprint density at radius 2 is 2.33 bits per heavy atom. The summed E-state index contributed by atoms with van der Waals surface area (Å²) >= 11 is 6.10. The second kappa shape index (κ2) is 5.57. The number of aliphatic hydroxyl groups is 1. The van der Waals surface area contributed by atoms with Gasteiger partial charge >= 0.3 is 0 Å². The van der Waals surface area contributed by atoms with E-state index in [1.54, 1.807) is 6.07 Å².